The van der Waals surface area contributed by atoms with Crippen molar-refractivity contribution in [3.05, 3.63) is 65.0 Å². The summed E-state index contributed by atoms with van der Waals surface area (Å²) < 4.78 is 51.6. The molecule has 0 atom stereocenters. The van der Waals surface area contributed by atoms with Crippen LogP contribution in [0.2, 0.25) is 0 Å². The molecular formula is C15H14F4N2. The van der Waals surface area contributed by atoms with Gasteiger partial charge in [-0.3, -0.25) is 0 Å². The zero-order chi connectivity index (χ0) is 15.5. The molecule has 0 radical (unpaired) electrons. The highest BCUT2D eigenvalue weighted by atomic mass is 19.4. The van der Waals surface area contributed by atoms with Crippen LogP contribution in [-0.4, -0.2) is 0 Å². The quantitative estimate of drug-likeness (QED) is 0.650. The molecule has 0 aliphatic carbocycles. The molecule has 2 rings (SSSR count). The Bertz CT molecular complexity index is 609. The summed E-state index contributed by atoms with van der Waals surface area (Å²) in [6, 6.07) is 10.9. The van der Waals surface area contributed by atoms with Crippen molar-refractivity contribution in [3.8, 4) is 0 Å². The maximum atomic E-state index is 13.7. The lowest BCUT2D eigenvalue weighted by Gasteiger charge is -2.14. The van der Waals surface area contributed by atoms with Crippen molar-refractivity contribution >= 4 is 5.69 Å². The zero-order valence-electron chi connectivity index (χ0n) is 11.3. The van der Waals surface area contributed by atoms with Gasteiger partial charge in [0.2, 0.25) is 0 Å². The number of nitrogens with one attached hydrogen (secondary N) is 2. The van der Waals surface area contributed by atoms with Gasteiger partial charge in [-0.2, -0.15) is 13.2 Å². The predicted molar refractivity (Wildman–Crippen MR) is 73.0 cm³/mol. The molecule has 2 nitrogen and oxygen atoms in total. The third-order valence-electron chi connectivity index (χ3n) is 2.98. The van der Waals surface area contributed by atoms with Gasteiger partial charge >= 0.3 is 6.18 Å². The monoisotopic (exact) mass is 298 g/mol. The molecule has 2 aromatic carbocycles. The molecule has 112 valence electrons. The summed E-state index contributed by atoms with van der Waals surface area (Å²) in [7, 11) is 0. The fourth-order valence-electron chi connectivity index (χ4n) is 1.95. The average molecular weight is 298 g/mol. The van der Waals surface area contributed by atoms with E-state index in [4.69, 9.17) is 0 Å². The summed E-state index contributed by atoms with van der Waals surface area (Å²) >= 11 is 0. The maximum Gasteiger partial charge on any atom is 0.416 e. The van der Waals surface area contributed by atoms with Crippen LogP contribution in [0, 0.1) is 12.7 Å². The van der Waals surface area contributed by atoms with Gasteiger partial charge in [0, 0.05) is 17.8 Å². The molecule has 0 saturated carbocycles. The summed E-state index contributed by atoms with van der Waals surface area (Å²) in [4.78, 5) is 0. The molecule has 0 aromatic heterocycles. The van der Waals surface area contributed by atoms with Crippen LogP contribution in [0.3, 0.4) is 0 Å². The highest BCUT2D eigenvalue weighted by Gasteiger charge is 2.33. The Labute approximate surface area is 119 Å². The van der Waals surface area contributed by atoms with Gasteiger partial charge in [0.1, 0.15) is 5.82 Å². The second-order valence-corrected chi connectivity index (χ2v) is 4.60. The molecule has 0 fully saturated rings. The second-order valence-electron chi connectivity index (χ2n) is 4.60. The number of para-hydroxylation sites is 1. The van der Waals surface area contributed by atoms with Crippen LogP contribution in [0.5, 0.6) is 0 Å². The van der Waals surface area contributed by atoms with Crippen LogP contribution in [0.15, 0.2) is 42.5 Å². The van der Waals surface area contributed by atoms with Crippen molar-refractivity contribution in [2.24, 2.45) is 0 Å². The van der Waals surface area contributed by atoms with E-state index < -0.39 is 17.6 Å². The Kier molecular flexibility index (Phi) is 4.47. The molecular weight excluding hydrogens is 284 g/mol. The number of rotatable bonds is 4. The third kappa shape index (κ3) is 3.95. The third-order valence-corrected chi connectivity index (χ3v) is 2.98. The molecule has 2 aromatic rings. The standard InChI is InChI=1S/C15H14F4N2/c1-10-7-11(14(16)8-13(10)15(17,18)19)9-20-21-12-5-3-2-4-6-12/h2-8,20-21H,9H2,1H3. The van der Waals surface area contributed by atoms with Crippen LogP contribution in [0.1, 0.15) is 16.7 Å². The van der Waals surface area contributed by atoms with Gasteiger partial charge in [-0.1, -0.05) is 24.3 Å². The van der Waals surface area contributed by atoms with Gasteiger partial charge < -0.3 is 5.43 Å². The van der Waals surface area contributed by atoms with Gasteiger partial charge in [0.05, 0.1) is 5.56 Å². The molecule has 0 saturated heterocycles. The van der Waals surface area contributed by atoms with Crippen LogP contribution in [0.25, 0.3) is 0 Å². The van der Waals surface area contributed by atoms with E-state index in [2.05, 4.69) is 10.9 Å². The van der Waals surface area contributed by atoms with Crippen molar-refractivity contribution < 1.29 is 17.6 Å². The number of halogens is 4. The first-order valence-electron chi connectivity index (χ1n) is 6.28. The van der Waals surface area contributed by atoms with Gasteiger partial charge in [0.25, 0.3) is 0 Å². The Balaban J connectivity index is 2.06. The lowest BCUT2D eigenvalue weighted by atomic mass is 10.0. The van der Waals surface area contributed by atoms with Crippen molar-refractivity contribution in [1.82, 2.24) is 5.43 Å². The first-order chi connectivity index (χ1) is 9.88. The fourth-order valence-corrected chi connectivity index (χ4v) is 1.95. The Morgan fingerprint density at radius 2 is 1.71 bits per heavy atom. The Morgan fingerprint density at radius 3 is 2.33 bits per heavy atom. The van der Waals surface area contributed by atoms with E-state index in [1.165, 1.54) is 13.0 Å². The fraction of sp³-hybridized carbons (Fsp3) is 0.200. The van der Waals surface area contributed by atoms with Crippen LogP contribution in [-0.2, 0) is 12.7 Å². The summed E-state index contributed by atoms with van der Waals surface area (Å²) in [6.45, 7) is 1.39. The van der Waals surface area contributed by atoms with Gasteiger partial charge in [-0.25, -0.2) is 9.82 Å². The zero-order valence-corrected chi connectivity index (χ0v) is 11.3. The van der Waals surface area contributed by atoms with E-state index in [1.54, 1.807) is 12.1 Å². The molecule has 2 N–H and O–H groups in total. The van der Waals surface area contributed by atoms with Crippen molar-refractivity contribution in [2.45, 2.75) is 19.6 Å². The van der Waals surface area contributed by atoms with Crippen molar-refractivity contribution in [1.29, 1.82) is 0 Å². The van der Waals surface area contributed by atoms with E-state index in [0.29, 0.717) is 6.07 Å². The van der Waals surface area contributed by atoms with Crippen LogP contribution < -0.4 is 10.9 Å². The number of alkyl halides is 3. The number of anilines is 1. The number of benzene rings is 2. The summed E-state index contributed by atoms with van der Waals surface area (Å²) in [6.07, 6.45) is -4.54. The van der Waals surface area contributed by atoms with E-state index in [-0.39, 0.29) is 17.7 Å². The minimum Gasteiger partial charge on any atom is -0.321 e. The van der Waals surface area contributed by atoms with Crippen LogP contribution in [0.4, 0.5) is 23.2 Å². The summed E-state index contributed by atoms with van der Waals surface area (Å²) in [5, 5.41) is 0. The molecule has 0 amide bonds. The maximum absolute atomic E-state index is 13.7. The molecule has 21 heavy (non-hydrogen) atoms. The molecule has 6 heteroatoms. The summed E-state index contributed by atoms with van der Waals surface area (Å²) in [5.74, 6) is -0.879. The lowest BCUT2D eigenvalue weighted by Crippen LogP contribution is -2.22. The number of aryl methyl sites for hydroxylation is 1. The molecule has 0 aliphatic heterocycles. The first kappa shape index (κ1) is 15.3. The minimum atomic E-state index is -4.54. The second kappa shape index (κ2) is 6.13. The SMILES string of the molecule is Cc1cc(CNNc2ccccc2)c(F)cc1C(F)(F)F. The molecule has 0 bridgehead atoms. The topological polar surface area (TPSA) is 24.1 Å². The molecule has 0 aliphatic rings. The number of hydrogen-bond acceptors (Lipinski definition) is 2. The lowest BCUT2D eigenvalue weighted by molar-refractivity contribution is -0.138. The average Bonchev–Trinajstić information content (AvgIpc) is 2.42. The van der Waals surface area contributed by atoms with Crippen molar-refractivity contribution in [2.75, 3.05) is 5.43 Å². The predicted octanol–water partition coefficient (Wildman–Crippen LogP) is 4.27. The van der Waals surface area contributed by atoms with Gasteiger partial charge in [-0.05, 0) is 30.7 Å². The van der Waals surface area contributed by atoms with E-state index in [1.807, 2.05) is 18.2 Å². The number of hydrogen-bond donors (Lipinski definition) is 2. The van der Waals surface area contributed by atoms with Crippen molar-refractivity contribution in [3.63, 3.8) is 0 Å². The first-order valence-corrected chi connectivity index (χ1v) is 6.28. The Hall–Kier alpha value is -2.08. The molecule has 0 unspecified atom stereocenters. The highest BCUT2D eigenvalue weighted by molar-refractivity contribution is 5.41. The van der Waals surface area contributed by atoms with E-state index in [9.17, 15) is 17.6 Å². The van der Waals surface area contributed by atoms with E-state index in [0.717, 1.165) is 5.69 Å². The molecule has 0 heterocycles. The Morgan fingerprint density at radius 1 is 1.05 bits per heavy atom. The normalized spacial score (nSPS) is 11.5. The van der Waals surface area contributed by atoms with Gasteiger partial charge in [0.15, 0.2) is 0 Å². The van der Waals surface area contributed by atoms with E-state index >= 15 is 0 Å². The largest absolute Gasteiger partial charge is 0.416 e. The number of hydrazine groups is 1. The summed E-state index contributed by atoms with van der Waals surface area (Å²) in [5.41, 5.74) is 5.62. The smallest absolute Gasteiger partial charge is 0.321 e. The van der Waals surface area contributed by atoms with Crippen LogP contribution >= 0.6 is 0 Å². The molecule has 0 spiro atoms. The highest BCUT2D eigenvalue weighted by Crippen LogP contribution is 2.33. The minimum absolute atomic E-state index is 0.000381. The van der Waals surface area contributed by atoms with Gasteiger partial charge in [-0.15, -0.1) is 0 Å².